The highest BCUT2D eigenvalue weighted by Crippen LogP contribution is 2.30. The number of aliphatic hydroxyl groups excluding tert-OH is 3. The number of benzene rings is 1. The minimum atomic E-state index is -1.39. The highest BCUT2D eigenvalue weighted by atomic mass is 35.5. The zero-order valence-corrected chi connectivity index (χ0v) is 23.2. The maximum atomic E-state index is 13.1. The molecule has 0 radical (unpaired) electrons. The first-order chi connectivity index (χ1) is 17.8. The van der Waals surface area contributed by atoms with Gasteiger partial charge >= 0.3 is 0 Å². The minimum Gasteiger partial charge on any atom is -0.388 e. The van der Waals surface area contributed by atoms with E-state index in [1.165, 1.54) is 22.9 Å². The molecule has 5 N–H and O–H groups in total. The third kappa shape index (κ3) is 8.82. The fraction of sp³-hybridized carbons (Fsp3) is 0.607. The molecule has 1 saturated heterocycles. The Morgan fingerprint density at radius 3 is 2.68 bits per heavy atom. The Kier molecular flexibility index (Phi) is 12.4. The van der Waals surface area contributed by atoms with Gasteiger partial charge in [-0.1, -0.05) is 54.1 Å². The van der Waals surface area contributed by atoms with E-state index >= 15 is 0 Å². The Labute approximate surface area is 229 Å². The van der Waals surface area contributed by atoms with E-state index in [1.807, 2.05) is 6.07 Å². The number of alkyl halides is 1. The van der Waals surface area contributed by atoms with E-state index in [1.54, 1.807) is 13.2 Å². The van der Waals surface area contributed by atoms with Crippen molar-refractivity contribution in [2.24, 2.45) is 0 Å². The van der Waals surface area contributed by atoms with Gasteiger partial charge in [0, 0.05) is 0 Å². The van der Waals surface area contributed by atoms with Gasteiger partial charge in [-0.25, -0.2) is 0 Å². The van der Waals surface area contributed by atoms with E-state index in [4.69, 9.17) is 16.3 Å². The average molecular weight is 553 g/mol. The smallest absolute Gasteiger partial charge is 0.237 e. The van der Waals surface area contributed by atoms with E-state index in [2.05, 4.69) is 53.1 Å². The molecule has 1 fully saturated rings. The number of ether oxygens (including phenoxy) is 1. The second kappa shape index (κ2) is 15.3. The normalized spacial score (nSPS) is 30.4. The van der Waals surface area contributed by atoms with Crippen LogP contribution < -0.4 is 10.6 Å². The summed E-state index contributed by atoms with van der Waals surface area (Å²) in [6.07, 6.45) is 9.05. The van der Waals surface area contributed by atoms with Gasteiger partial charge in [0.1, 0.15) is 29.9 Å². The van der Waals surface area contributed by atoms with Crippen molar-refractivity contribution < 1.29 is 24.9 Å². The number of thioether (sulfide) groups is 1. The number of nitrogens with one attached hydrogen (secondary N) is 2. The molecule has 3 unspecified atom stereocenters. The summed E-state index contributed by atoms with van der Waals surface area (Å²) in [6.45, 7) is 2.38. The van der Waals surface area contributed by atoms with Gasteiger partial charge in [0.05, 0.1) is 17.5 Å². The van der Waals surface area contributed by atoms with Gasteiger partial charge in [0.25, 0.3) is 0 Å². The number of amides is 1. The maximum absolute atomic E-state index is 13.1. The number of aryl methyl sites for hydroxylation is 1. The van der Waals surface area contributed by atoms with Crippen LogP contribution in [-0.2, 0) is 16.0 Å². The third-order valence-electron chi connectivity index (χ3n) is 6.99. The van der Waals surface area contributed by atoms with E-state index in [0.29, 0.717) is 13.0 Å². The fourth-order valence-corrected chi connectivity index (χ4v) is 5.64. The molecule has 9 heteroatoms. The molecule has 7 nitrogen and oxygen atoms in total. The van der Waals surface area contributed by atoms with E-state index < -0.39 is 47.3 Å². The molecular weight excluding hydrogens is 512 g/mol. The topological polar surface area (TPSA) is 111 Å². The zero-order chi connectivity index (χ0) is 26.8. The van der Waals surface area contributed by atoms with Gasteiger partial charge in [0.15, 0.2) is 0 Å². The predicted molar refractivity (Wildman–Crippen MR) is 150 cm³/mol. The molecule has 0 spiro atoms. The Morgan fingerprint density at radius 2 is 1.97 bits per heavy atom. The summed E-state index contributed by atoms with van der Waals surface area (Å²) in [5.74, 6) is -0.239. The maximum Gasteiger partial charge on any atom is 0.237 e. The molecule has 0 aliphatic carbocycles. The van der Waals surface area contributed by atoms with Crippen LogP contribution in [0.25, 0.3) is 0 Å². The predicted octanol–water partition coefficient (Wildman–Crippen LogP) is 2.92. The summed E-state index contributed by atoms with van der Waals surface area (Å²) < 4.78 is 5.84. The molecule has 2 aliphatic heterocycles. The van der Waals surface area contributed by atoms with Crippen molar-refractivity contribution in [3.8, 4) is 0 Å². The quantitative estimate of drug-likeness (QED) is 0.212. The van der Waals surface area contributed by atoms with Crippen molar-refractivity contribution in [2.75, 3.05) is 12.8 Å². The fourth-order valence-electron chi connectivity index (χ4n) is 4.76. The summed E-state index contributed by atoms with van der Waals surface area (Å²) in [7, 11) is 0. The summed E-state index contributed by atoms with van der Waals surface area (Å²) in [6, 6.07) is 9.35. The second-order valence-electron chi connectivity index (χ2n) is 9.79. The van der Waals surface area contributed by atoms with Gasteiger partial charge in [-0.2, -0.15) is 0 Å². The molecule has 3 rings (SSSR count). The molecule has 0 aromatic heterocycles. The lowest BCUT2D eigenvalue weighted by molar-refractivity contribution is -0.205. The average Bonchev–Trinajstić information content (AvgIpc) is 3.14. The number of allylic oxidation sites excluding steroid dienone is 2. The highest BCUT2D eigenvalue weighted by Gasteiger charge is 2.48. The SMILES string of the molecule is CSC1O[C@H]([C@H](NC(=O)[C@@H]2CC=C(/C=C/CCCCc3ccccc3)CCN2)[C@H](C)Cl)C(O)C(O)[C@H]1O. The van der Waals surface area contributed by atoms with Crippen LogP contribution in [0.4, 0.5) is 0 Å². The lowest BCUT2D eigenvalue weighted by Gasteiger charge is -2.44. The van der Waals surface area contributed by atoms with E-state index in [0.717, 1.165) is 32.1 Å². The highest BCUT2D eigenvalue weighted by molar-refractivity contribution is 7.99. The van der Waals surface area contributed by atoms with E-state index in [9.17, 15) is 20.1 Å². The first-order valence-corrected chi connectivity index (χ1v) is 14.8. The first-order valence-electron chi connectivity index (χ1n) is 13.1. The third-order valence-corrected chi connectivity index (χ3v) is 8.12. The molecule has 0 saturated carbocycles. The lowest BCUT2D eigenvalue weighted by atomic mass is 9.93. The minimum absolute atomic E-state index is 0.239. The number of halogens is 1. The standard InChI is InChI=1S/C28H41ClN2O5S/c1-18(29)22(26-24(33)23(32)25(34)28(36-26)37-2)31-27(35)21-15-14-20(16-17-30-21)13-7-4-3-6-10-19-11-8-5-9-12-19/h5,7-9,11-14,18,21-26,28,30,32-34H,3-4,6,10,15-17H2,1-2H3,(H,31,35)/b13-7+/t18-,21-,22+,23?,24?,25+,26+,28?/m0/s1. The largest absolute Gasteiger partial charge is 0.388 e. The summed E-state index contributed by atoms with van der Waals surface area (Å²) in [4.78, 5) is 13.1. The molecule has 8 atom stereocenters. The number of aliphatic hydroxyl groups is 3. The Hall–Kier alpha value is -1.39. The molecule has 2 heterocycles. The monoisotopic (exact) mass is 552 g/mol. The van der Waals surface area contributed by atoms with Crippen LogP contribution in [0.15, 0.2) is 54.1 Å². The zero-order valence-electron chi connectivity index (χ0n) is 21.6. The number of carbonyl (C=O) groups is 1. The van der Waals surface area contributed by atoms with Crippen molar-refractivity contribution >= 4 is 29.3 Å². The number of rotatable bonds is 11. The Balaban J connectivity index is 1.50. The second-order valence-corrected chi connectivity index (χ2v) is 11.4. The molecule has 1 aromatic carbocycles. The summed E-state index contributed by atoms with van der Waals surface area (Å²) >= 11 is 7.61. The summed E-state index contributed by atoms with van der Waals surface area (Å²) in [5, 5.41) is 36.6. The Bertz CT molecular complexity index is 898. The molecule has 2 aliphatic rings. The van der Waals surface area contributed by atoms with Crippen molar-refractivity contribution in [1.29, 1.82) is 0 Å². The lowest BCUT2D eigenvalue weighted by Crippen LogP contribution is -2.65. The number of unbranched alkanes of at least 4 members (excludes halogenated alkanes) is 2. The van der Waals surface area contributed by atoms with Crippen LogP contribution in [0.2, 0.25) is 0 Å². The van der Waals surface area contributed by atoms with Gasteiger partial charge in [-0.05, 0) is 63.8 Å². The van der Waals surface area contributed by atoms with Crippen molar-refractivity contribution in [1.82, 2.24) is 10.6 Å². The molecule has 1 amide bonds. The van der Waals surface area contributed by atoms with Crippen LogP contribution >= 0.6 is 23.4 Å². The molecule has 0 bridgehead atoms. The van der Waals surface area contributed by atoms with Gasteiger partial charge in [0.2, 0.25) is 5.91 Å². The van der Waals surface area contributed by atoms with Crippen LogP contribution in [0.3, 0.4) is 0 Å². The van der Waals surface area contributed by atoms with Crippen molar-refractivity contribution in [3.63, 3.8) is 0 Å². The summed E-state index contributed by atoms with van der Waals surface area (Å²) in [5.41, 5.74) is 1.85. The van der Waals surface area contributed by atoms with Gasteiger partial charge in [-0.15, -0.1) is 23.4 Å². The van der Waals surface area contributed by atoms with Crippen LogP contribution in [0.1, 0.15) is 44.6 Å². The Morgan fingerprint density at radius 1 is 1.22 bits per heavy atom. The first kappa shape index (κ1) is 30.2. The number of hydrogen-bond acceptors (Lipinski definition) is 7. The molecule has 37 heavy (non-hydrogen) atoms. The van der Waals surface area contributed by atoms with E-state index in [-0.39, 0.29) is 5.91 Å². The molecule has 206 valence electrons. The van der Waals surface area contributed by atoms with Crippen molar-refractivity contribution in [3.05, 3.63) is 59.7 Å². The number of carbonyl (C=O) groups excluding carboxylic acids is 1. The number of hydrogen-bond donors (Lipinski definition) is 5. The van der Waals surface area contributed by atoms with Crippen LogP contribution in [0, 0.1) is 0 Å². The van der Waals surface area contributed by atoms with Crippen molar-refractivity contribution in [2.45, 2.75) is 92.8 Å². The van der Waals surface area contributed by atoms with Gasteiger partial charge < -0.3 is 30.7 Å². The van der Waals surface area contributed by atoms with Crippen LogP contribution in [-0.4, -0.2) is 81.3 Å². The van der Waals surface area contributed by atoms with Gasteiger partial charge in [-0.3, -0.25) is 4.79 Å². The molecule has 1 aromatic rings. The molecular formula is C28H41ClN2O5S. The van der Waals surface area contributed by atoms with Crippen LogP contribution in [0.5, 0.6) is 0 Å².